The lowest BCUT2D eigenvalue weighted by atomic mass is 10.2. The Labute approximate surface area is 117 Å². The van der Waals surface area contributed by atoms with E-state index in [9.17, 15) is 9.59 Å². The van der Waals surface area contributed by atoms with Crippen molar-refractivity contribution in [1.29, 1.82) is 0 Å². The smallest absolute Gasteiger partial charge is 0.306 e. The third-order valence-corrected chi connectivity index (χ3v) is 3.11. The van der Waals surface area contributed by atoms with E-state index in [4.69, 9.17) is 9.84 Å². The van der Waals surface area contributed by atoms with E-state index < -0.39 is 12.1 Å². The number of benzene rings is 1. The van der Waals surface area contributed by atoms with Gasteiger partial charge in [0.2, 0.25) is 5.91 Å². The fraction of sp³-hybridized carbons (Fsp3) is 0.429. The van der Waals surface area contributed by atoms with Crippen LogP contribution in [0.25, 0.3) is 0 Å². The van der Waals surface area contributed by atoms with Gasteiger partial charge < -0.3 is 20.1 Å². The zero-order valence-corrected chi connectivity index (χ0v) is 11.1. The molecule has 1 aromatic carbocycles. The van der Waals surface area contributed by atoms with Crippen LogP contribution in [-0.2, 0) is 14.3 Å². The summed E-state index contributed by atoms with van der Waals surface area (Å²) < 4.78 is 5.34. The van der Waals surface area contributed by atoms with Crippen LogP contribution in [0.4, 0.5) is 5.69 Å². The number of aliphatic carboxylic acids is 1. The summed E-state index contributed by atoms with van der Waals surface area (Å²) in [6, 6.07) is 9.47. The molecule has 0 aliphatic carbocycles. The standard InChI is InChI=1S/C14H18N2O4/c17-13(9-15-11-4-2-1-3-5-11)16-6-7-20-12(10-16)8-14(18)19/h1-5,12,15H,6-10H2,(H,18,19). The monoisotopic (exact) mass is 278 g/mol. The number of carbonyl (C=O) groups is 2. The van der Waals surface area contributed by atoms with E-state index in [0.717, 1.165) is 5.69 Å². The quantitative estimate of drug-likeness (QED) is 0.833. The molecule has 1 saturated heterocycles. The van der Waals surface area contributed by atoms with Gasteiger partial charge in [-0.3, -0.25) is 9.59 Å². The summed E-state index contributed by atoms with van der Waals surface area (Å²) in [5, 5.41) is 11.8. The number of nitrogens with zero attached hydrogens (tertiary/aromatic N) is 1. The second-order valence-corrected chi connectivity index (χ2v) is 4.65. The molecule has 0 aromatic heterocycles. The van der Waals surface area contributed by atoms with Gasteiger partial charge in [-0.15, -0.1) is 0 Å². The topological polar surface area (TPSA) is 78.9 Å². The van der Waals surface area contributed by atoms with Gasteiger partial charge in [0.25, 0.3) is 0 Å². The molecule has 0 radical (unpaired) electrons. The van der Waals surface area contributed by atoms with Crippen LogP contribution in [0.3, 0.4) is 0 Å². The van der Waals surface area contributed by atoms with E-state index in [2.05, 4.69) is 5.32 Å². The Hall–Kier alpha value is -2.08. The van der Waals surface area contributed by atoms with Gasteiger partial charge in [0.1, 0.15) is 0 Å². The van der Waals surface area contributed by atoms with Gasteiger partial charge in [-0.1, -0.05) is 18.2 Å². The molecule has 2 rings (SSSR count). The van der Waals surface area contributed by atoms with Crippen LogP contribution in [0.2, 0.25) is 0 Å². The first-order chi connectivity index (χ1) is 9.65. The third kappa shape index (κ3) is 4.24. The predicted octanol–water partition coefficient (Wildman–Crippen LogP) is 0.801. The Bertz CT molecular complexity index is 464. The molecule has 0 spiro atoms. The number of carbonyl (C=O) groups excluding carboxylic acids is 1. The van der Waals surface area contributed by atoms with Crippen molar-refractivity contribution in [1.82, 2.24) is 4.90 Å². The number of hydrogen-bond donors (Lipinski definition) is 2. The van der Waals surface area contributed by atoms with Gasteiger partial charge in [0.15, 0.2) is 0 Å². The SMILES string of the molecule is O=C(O)CC1CN(C(=O)CNc2ccccc2)CCO1. The highest BCUT2D eigenvalue weighted by Crippen LogP contribution is 2.10. The molecule has 1 aliphatic heterocycles. The number of para-hydroxylation sites is 1. The molecule has 1 fully saturated rings. The molecule has 6 nitrogen and oxygen atoms in total. The molecule has 1 amide bonds. The lowest BCUT2D eigenvalue weighted by Crippen LogP contribution is -2.48. The number of rotatable bonds is 5. The van der Waals surface area contributed by atoms with E-state index in [0.29, 0.717) is 19.7 Å². The van der Waals surface area contributed by atoms with Gasteiger partial charge in [-0.25, -0.2) is 0 Å². The number of carboxylic acid groups (broad SMARTS) is 1. The van der Waals surface area contributed by atoms with Crippen molar-refractivity contribution >= 4 is 17.6 Å². The van der Waals surface area contributed by atoms with Gasteiger partial charge >= 0.3 is 5.97 Å². The lowest BCUT2D eigenvalue weighted by Gasteiger charge is -2.32. The molecule has 20 heavy (non-hydrogen) atoms. The van der Waals surface area contributed by atoms with Crippen LogP contribution in [0.15, 0.2) is 30.3 Å². The number of hydrogen-bond acceptors (Lipinski definition) is 4. The van der Waals surface area contributed by atoms with Gasteiger partial charge in [-0.2, -0.15) is 0 Å². The first-order valence-electron chi connectivity index (χ1n) is 6.55. The minimum Gasteiger partial charge on any atom is -0.481 e. The van der Waals surface area contributed by atoms with E-state index in [1.807, 2.05) is 30.3 Å². The molecule has 2 N–H and O–H groups in total. The highest BCUT2D eigenvalue weighted by molar-refractivity contribution is 5.81. The largest absolute Gasteiger partial charge is 0.481 e. The van der Waals surface area contributed by atoms with Crippen molar-refractivity contribution in [3.8, 4) is 0 Å². The molecule has 1 heterocycles. The Kier molecular flexibility index (Phi) is 4.95. The van der Waals surface area contributed by atoms with Crippen LogP contribution in [0.5, 0.6) is 0 Å². The van der Waals surface area contributed by atoms with Crippen molar-refractivity contribution in [3.63, 3.8) is 0 Å². The van der Waals surface area contributed by atoms with Crippen LogP contribution in [0.1, 0.15) is 6.42 Å². The summed E-state index contributed by atoms with van der Waals surface area (Å²) in [5.41, 5.74) is 0.885. The van der Waals surface area contributed by atoms with Crippen LogP contribution in [-0.4, -0.2) is 54.2 Å². The molecule has 1 aliphatic rings. The fourth-order valence-corrected chi connectivity index (χ4v) is 2.11. The number of anilines is 1. The fourth-order valence-electron chi connectivity index (χ4n) is 2.11. The summed E-state index contributed by atoms with van der Waals surface area (Å²) in [6.45, 7) is 1.42. The maximum Gasteiger partial charge on any atom is 0.306 e. The first kappa shape index (κ1) is 14.3. The van der Waals surface area contributed by atoms with Crippen molar-refractivity contribution < 1.29 is 19.4 Å². The minimum absolute atomic E-state index is 0.0486. The predicted molar refractivity (Wildman–Crippen MR) is 73.5 cm³/mol. The summed E-state index contributed by atoms with van der Waals surface area (Å²) >= 11 is 0. The summed E-state index contributed by atoms with van der Waals surface area (Å²) in [5.74, 6) is -0.959. The lowest BCUT2D eigenvalue weighted by molar-refractivity contribution is -0.146. The molecule has 0 saturated carbocycles. The van der Waals surface area contributed by atoms with E-state index in [-0.39, 0.29) is 18.9 Å². The van der Waals surface area contributed by atoms with Gasteiger partial charge in [-0.05, 0) is 12.1 Å². The zero-order valence-electron chi connectivity index (χ0n) is 11.1. The van der Waals surface area contributed by atoms with Crippen LogP contribution >= 0.6 is 0 Å². The number of ether oxygens (including phenoxy) is 1. The molecular weight excluding hydrogens is 260 g/mol. The third-order valence-electron chi connectivity index (χ3n) is 3.11. The molecule has 1 atom stereocenters. The second kappa shape index (κ2) is 6.91. The van der Waals surface area contributed by atoms with E-state index in [1.54, 1.807) is 4.90 Å². The highest BCUT2D eigenvalue weighted by atomic mass is 16.5. The number of nitrogens with one attached hydrogen (secondary N) is 1. The molecule has 1 unspecified atom stereocenters. The zero-order chi connectivity index (χ0) is 14.4. The summed E-state index contributed by atoms with van der Waals surface area (Å²) in [7, 11) is 0. The Morgan fingerprint density at radius 2 is 2.10 bits per heavy atom. The van der Waals surface area contributed by atoms with Crippen molar-refractivity contribution in [2.45, 2.75) is 12.5 Å². The molecule has 6 heteroatoms. The average Bonchev–Trinajstić information content (AvgIpc) is 2.45. The molecule has 1 aromatic rings. The van der Waals surface area contributed by atoms with Crippen molar-refractivity contribution in [3.05, 3.63) is 30.3 Å². The Morgan fingerprint density at radius 3 is 2.80 bits per heavy atom. The average molecular weight is 278 g/mol. The number of carboxylic acids is 1. The first-order valence-corrected chi connectivity index (χ1v) is 6.55. The highest BCUT2D eigenvalue weighted by Gasteiger charge is 2.25. The van der Waals surface area contributed by atoms with Gasteiger partial charge in [0, 0.05) is 18.8 Å². The molecular formula is C14H18N2O4. The normalized spacial score (nSPS) is 18.6. The van der Waals surface area contributed by atoms with E-state index in [1.165, 1.54) is 0 Å². The minimum atomic E-state index is -0.910. The summed E-state index contributed by atoms with van der Waals surface area (Å²) in [6.07, 6.45) is -0.488. The summed E-state index contributed by atoms with van der Waals surface area (Å²) in [4.78, 5) is 24.4. The maximum atomic E-state index is 12.1. The maximum absolute atomic E-state index is 12.1. The second-order valence-electron chi connectivity index (χ2n) is 4.65. The van der Waals surface area contributed by atoms with Gasteiger partial charge in [0.05, 0.1) is 25.7 Å². The molecule has 108 valence electrons. The van der Waals surface area contributed by atoms with Crippen molar-refractivity contribution in [2.24, 2.45) is 0 Å². The van der Waals surface area contributed by atoms with Crippen LogP contribution < -0.4 is 5.32 Å². The number of morpholine rings is 1. The Morgan fingerprint density at radius 1 is 1.35 bits per heavy atom. The Balaban J connectivity index is 1.81. The van der Waals surface area contributed by atoms with E-state index >= 15 is 0 Å². The number of amides is 1. The molecule has 0 bridgehead atoms. The van der Waals surface area contributed by atoms with Crippen LogP contribution in [0, 0.1) is 0 Å². The van der Waals surface area contributed by atoms with Crippen molar-refractivity contribution in [2.75, 3.05) is 31.6 Å².